The lowest BCUT2D eigenvalue weighted by Crippen LogP contribution is -2.48. The van der Waals surface area contributed by atoms with E-state index in [1.807, 2.05) is 24.3 Å². The normalized spacial score (nSPS) is 21.1. The molecule has 0 N–H and O–H groups in total. The first-order chi connectivity index (χ1) is 14.9. The minimum absolute atomic E-state index is 0.122. The van der Waals surface area contributed by atoms with Gasteiger partial charge in [0.15, 0.2) is 5.60 Å². The van der Waals surface area contributed by atoms with E-state index >= 15 is 0 Å². The molecule has 3 aromatic rings. The van der Waals surface area contributed by atoms with Gasteiger partial charge in [0.05, 0.1) is 17.0 Å². The number of fused-ring (bicyclic) bond motifs is 2. The topological polar surface area (TPSA) is 63.7 Å². The van der Waals surface area contributed by atoms with E-state index in [1.165, 1.54) is 4.31 Å². The van der Waals surface area contributed by atoms with Gasteiger partial charge in [0.25, 0.3) is 0 Å². The summed E-state index contributed by atoms with van der Waals surface area (Å²) in [6.07, 6.45) is 1.22. The first kappa shape index (κ1) is 20.2. The van der Waals surface area contributed by atoms with Crippen molar-refractivity contribution in [2.75, 3.05) is 13.1 Å². The molecule has 31 heavy (non-hydrogen) atoms. The number of nitrogens with zero attached hydrogens (tertiary/aromatic N) is 1. The van der Waals surface area contributed by atoms with Gasteiger partial charge in [-0.2, -0.15) is 4.31 Å². The molecule has 5 nitrogen and oxygen atoms in total. The van der Waals surface area contributed by atoms with Gasteiger partial charge in [0.1, 0.15) is 0 Å². The molecule has 158 valence electrons. The fourth-order valence-corrected chi connectivity index (χ4v) is 6.10. The summed E-state index contributed by atoms with van der Waals surface area (Å²) in [7, 11) is -3.73. The second-order valence-electron chi connectivity index (χ2n) is 7.90. The number of halogens is 1. The fraction of sp³-hybridized carbons (Fsp3) is 0.208. The van der Waals surface area contributed by atoms with Gasteiger partial charge in [-0.05, 0) is 54.3 Å². The smallest absolute Gasteiger partial charge is 0.339 e. The van der Waals surface area contributed by atoms with Gasteiger partial charge in [-0.3, -0.25) is 0 Å². The molecule has 7 heteroatoms. The van der Waals surface area contributed by atoms with Crippen LogP contribution in [0.15, 0.2) is 77.7 Å². The standard InChI is InChI=1S/C24H20ClNO4S/c25-19-10-6-17(7-11-19)18-8-12-20(13-9-18)31(28,29)26-15-3-14-24(16-26)22-5-2-1-4-21(22)23(27)30-24/h1-2,4-13H,3,14-16H2. The third kappa shape index (κ3) is 3.45. The number of hydrogen-bond donors (Lipinski definition) is 0. The zero-order valence-electron chi connectivity index (χ0n) is 16.6. The molecule has 1 spiro atoms. The largest absolute Gasteiger partial charge is 0.449 e. The molecule has 0 aliphatic carbocycles. The maximum atomic E-state index is 13.4. The van der Waals surface area contributed by atoms with Gasteiger partial charge >= 0.3 is 5.97 Å². The van der Waals surface area contributed by atoms with Crippen LogP contribution in [0.5, 0.6) is 0 Å². The van der Waals surface area contributed by atoms with Crippen molar-refractivity contribution >= 4 is 27.6 Å². The van der Waals surface area contributed by atoms with Gasteiger partial charge in [-0.25, -0.2) is 13.2 Å². The molecule has 0 bridgehead atoms. The Kier molecular flexibility index (Phi) is 4.88. The minimum atomic E-state index is -3.73. The molecule has 2 aliphatic heterocycles. The molecule has 2 heterocycles. The van der Waals surface area contributed by atoms with Crippen LogP contribution in [-0.2, 0) is 20.4 Å². The molecule has 5 rings (SSSR count). The summed E-state index contributed by atoms with van der Waals surface area (Å²) in [5, 5.41) is 0.649. The highest BCUT2D eigenvalue weighted by molar-refractivity contribution is 7.89. The average molecular weight is 454 g/mol. The van der Waals surface area contributed by atoms with E-state index in [0.29, 0.717) is 30.0 Å². The van der Waals surface area contributed by atoms with E-state index in [0.717, 1.165) is 16.7 Å². The van der Waals surface area contributed by atoms with Crippen molar-refractivity contribution in [2.24, 2.45) is 0 Å². The summed E-state index contributed by atoms with van der Waals surface area (Å²) in [5.74, 6) is -0.387. The summed E-state index contributed by atoms with van der Waals surface area (Å²) < 4.78 is 33.9. The summed E-state index contributed by atoms with van der Waals surface area (Å²) in [4.78, 5) is 12.6. The Balaban J connectivity index is 1.43. The van der Waals surface area contributed by atoms with E-state index in [4.69, 9.17) is 16.3 Å². The fourth-order valence-electron chi connectivity index (χ4n) is 4.45. The molecular formula is C24H20ClNO4S. The van der Waals surface area contributed by atoms with Crippen molar-refractivity contribution in [3.8, 4) is 11.1 Å². The van der Waals surface area contributed by atoms with Crippen LogP contribution in [0.3, 0.4) is 0 Å². The quantitative estimate of drug-likeness (QED) is 0.531. The first-order valence-electron chi connectivity index (χ1n) is 10.1. The molecule has 0 radical (unpaired) electrons. The summed E-state index contributed by atoms with van der Waals surface area (Å²) >= 11 is 5.95. The van der Waals surface area contributed by atoms with E-state index in [9.17, 15) is 13.2 Å². The SMILES string of the molecule is O=C1OC2(CCCN(S(=O)(=O)c3ccc(-c4ccc(Cl)cc4)cc3)C2)c2ccccc21. The van der Waals surface area contributed by atoms with Crippen molar-refractivity contribution in [3.63, 3.8) is 0 Å². The summed E-state index contributed by atoms with van der Waals surface area (Å²) in [6, 6.07) is 21.5. The highest BCUT2D eigenvalue weighted by atomic mass is 35.5. The van der Waals surface area contributed by atoms with Crippen molar-refractivity contribution in [1.82, 2.24) is 4.31 Å². The number of esters is 1. The number of benzene rings is 3. The minimum Gasteiger partial charge on any atom is -0.449 e. The van der Waals surface area contributed by atoms with Gasteiger partial charge in [-0.1, -0.05) is 54.1 Å². The third-order valence-corrected chi connectivity index (χ3v) is 8.13. The predicted octanol–water partition coefficient (Wildman–Crippen LogP) is 4.86. The Morgan fingerprint density at radius 1 is 0.903 bits per heavy atom. The van der Waals surface area contributed by atoms with Crippen LogP contribution in [0.2, 0.25) is 5.02 Å². The number of piperidine rings is 1. The zero-order valence-corrected chi connectivity index (χ0v) is 18.2. The third-order valence-electron chi connectivity index (χ3n) is 6.02. The monoisotopic (exact) mass is 453 g/mol. The van der Waals surface area contributed by atoms with E-state index in [2.05, 4.69) is 0 Å². The number of rotatable bonds is 3. The van der Waals surface area contributed by atoms with Crippen LogP contribution in [0.1, 0.15) is 28.8 Å². The Morgan fingerprint density at radius 3 is 2.26 bits per heavy atom. The number of hydrogen-bond acceptors (Lipinski definition) is 4. The van der Waals surface area contributed by atoms with Gasteiger partial charge < -0.3 is 4.74 Å². The number of ether oxygens (including phenoxy) is 1. The maximum absolute atomic E-state index is 13.4. The van der Waals surface area contributed by atoms with Crippen LogP contribution in [0.25, 0.3) is 11.1 Å². The van der Waals surface area contributed by atoms with E-state index in [1.54, 1.807) is 48.5 Å². The molecule has 0 amide bonds. The second kappa shape index (κ2) is 7.48. The van der Waals surface area contributed by atoms with Gasteiger partial charge in [0, 0.05) is 17.1 Å². The van der Waals surface area contributed by atoms with Gasteiger partial charge in [-0.15, -0.1) is 0 Å². The molecule has 2 aliphatic rings. The number of carbonyl (C=O) groups excluding carboxylic acids is 1. The first-order valence-corrected chi connectivity index (χ1v) is 11.9. The molecule has 0 aromatic heterocycles. The highest BCUT2D eigenvalue weighted by Crippen LogP contribution is 2.43. The molecule has 1 fully saturated rings. The number of sulfonamides is 1. The predicted molar refractivity (Wildman–Crippen MR) is 118 cm³/mol. The molecule has 1 unspecified atom stereocenters. The van der Waals surface area contributed by atoms with E-state index in [-0.39, 0.29) is 17.4 Å². The zero-order chi connectivity index (χ0) is 21.6. The second-order valence-corrected chi connectivity index (χ2v) is 10.3. The lowest BCUT2D eigenvalue weighted by molar-refractivity contribution is -0.0345. The van der Waals surface area contributed by atoms with Crippen molar-refractivity contribution in [1.29, 1.82) is 0 Å². The van der Waals surface area contributed by atoms with Crippen LogP contribution in [-0.4, -0.2) is 31.8 Å². The van der Waals surface area contributed by atoms with Crippen LogP contribution in [0, 0.1) is 0 Å². The summed E-state index contributed by atoms with van der Waals surface area (Å²) in [6.45, 7) is 0.514. The average Bonchev–Trinajstić information content (AvgIpc) is 3.05. The molecular weight excluding hydrogens is 434 g/mol. The van der Waals surface area contributed by atoms with Crippen molar-refractivity contribution in [3.05, 3.63) is 88.9 Å². The van der Waals surface area contributed by atoms with Crippen molar-refractivity contribution in [2.45, 2.75) is 23.3 Å². The van der Waals surface area contributed by atoms with Crippen molar-refractivity contribution < 1.29 is 17.9 Å². The van der Waals surface area contributed by atoms with E-state index < -0.39 is 15.6 Å². The molecule has 1 atom stereocenters. The lowest BCUT2D eigenvalue weighted by Gasteiger charge is -2.38. The summed E-state index contributed by atoms with van der Waals surface area (Å²) in [5.41, 5.74) is 2.25. The molecule has 3 aromatic carbocycles. The lowest BCUT2D eigenvalue weighted by atomic mass is 9.86. The number of carbonyl (C=O) groups is 1. The Bertz CT molecular complexity index is 1260. The highest BCUT2D eigenvalue weighted by Gasteiger charge is 2.50. The maximum Gasteiger partial charge on any atom is 0.339 e. The van der Waals surface area contributed by atoms with Crippen LogP contribution < -0.4 is 0 Å². The Morgan fingerprint density at radius 2 is 1.55 bits per heavy atom. The Labute approximate surface area is 186 Å². The Hall–Kier alpha value is -2.67. The molecule has 0 saturated carbocycles. The molecule has 1 saturated heterocycles. The van der Waals surface area contributed by atoms with Crippen LogP contribution in [0.4, 0.5) is 0 Å². The van der Waals surface area contributed by atoms with Gasteiger partial charge in [0.2, 0.25) is 10.0 Å². The van der Waals surface area contributed by atoms with Crippen LogP contribution >= 0.6 is 11.6 Å².